The van der Waals surface area contributed by atoms with Gasteiger partial charge in [-0.15, -0.1) is 0 Å². The number of nitrogens with one attached hydrogen (secondary N) is 2. The summed E-state index contributed by atoms with van der Waals surface area (Å²) in [4.78, 5) is 11.3. The summed E-state index contributed by atoms with van der Waals surface area (Å²) in [5.74, 6) is 0.577. The van der Waals surface area contributed by atoms with E-state index >= 15 is 0 Å². The normalized spacial score (nSPS) is 13.3. The van der Waals surface area contributed by atoms with Gasteiger partial charge in [0.05, 0.1) is 11.9 Å². The summed E-state index contributed by atoms with van der Waals surface area (Å²) in [5.41, 5.74) is 2.75. The number of amides is 1. The number of hydrogen-bond acceptors (Lipinski definition) is 4. The van der Waals surface area contributed by atoms with Crippen molar-refractivity contribution in [1.29, 1.82) is 0 Å². The summed E-state index contributed by atoms with van der Waals surface area (Å²) >= 11 is 0. The molecule has 1 aromatic heterocycles. The largest absolute Gasteiger partial charge is 0.482 e. The van der Waals surface area contributed by atoms with Crippen molar-refractivity contribution in [2.24, 2.45) is 0 Å². The molecule has 1 amide bonds. The molecule has 6 nitrogen and oxygen atoms in total. The van der Waals surface area contributed by atoms with Gasteiger partial charge in [-0.3, -0.25) is 9.48 Å². The Labute approximate surface area is 116 Å². The van der Waals surface area contributed by atoms with Gasteiger partial charge in [0.2, 0.25) is 0 Å². The van der Waals surface area contributed by atoms with Crippen molar-refractivity contribution in [2.45, 2.75) is 20.0 Å². The molecule has 0 radical (unpaired) electrons. The van der Waals surface area contributed by atoms with Crippen molar-refractivity contribution in [2.75, 3.05) is 17.2 Å². The van der Waals surface area contributed by atoms with Crippen LogP contribution in [-0.2, 0) is 17.9 Å². The Balaban J connectivity index is 1.68. The molecular formula is C14H16N4O2. The van der Waals surface area contributed by atoms with Crippen LogP contribution in [0.25, 0.3) is 0 Å². The smallest absolute Gasteiger partial charge is 0.262 e. The molecule has 0 aliphatic carbocycles. The highest BCUT2D eigenvalue weighted by Crippen LogP contribution is 2.30. The number of nitrogens with zero attached hydrogens (tertiary/aromatic N) is 2. The first-order chi connectivity index (χ1) is 9.74. The van der Waals surface area contributed by atoms with E-state index in [2.05, 4.69) is 22.7 Å². The molecule has 0 atom stereocenters. The molecule has 1 aliphatic heterocycles. The van der Waals surface area contributed by atoms with Gasteiger partial charge in [-0.05, 0) is 25.1 Å². The zero-order valence-electron chi connectivity index (χ0n) is 11.2. The fourth-order valence-electron chi connectivity index (χ4n) is 2.07. The van der Waals surface area contributed by atoms with Crippen LogP contribution in [0, 0.1) is 0 Å². The average molecular weight is 272 g/mol. The summed E-state index contributed by atoms with van der Waals surface area (Å²) in [7, 11) is 0. The highest BCUT2D eigenvalue weighted by Gasteiger charge is 2.15. The lowest BCUT2D eigenvalue weighted by Crippen LogP contribution is -2.25. The molecule has 6 heteroatoms. The first-order valence-corrected chi connectivity index (χ1v) is 6.56. The summed E-state index contributed by atoms with van der Waals surface area (Å²) in [6, 6.07) is 5.66. The molecule has 2 heterocycles. The maximum atomic E-state index is 11.3. The summed E-state index contributed by atoms with van der Waals surface area (Å²) in [6.45, 7) is 3.68. The number of aryl methyl sites for hydroxylation is 1. The van der Waals surface area contributed by atoms with Crippen molar-refractivity contribution >= 4 is 17.3 Å². The minimum Gasteiger partial charge on any atom is -0.482 e. The minimum atomic E-state index is -0.126. The second-order valence-corrected chi connectivity index (χ2v) is 4.61. The Kier molecular flexibility index (Phi) is 3.28. The van der Waals surface area contributed by atoms with E-state index in [1.165, 1.54) is 0 Å². The Hall–Kier alpha value is -2.50. The first-order valence-electron chi connectivity index (χ1n) is 6.56. The molecule has 0 saturated carbocycles. The van der Waals surface area contributed by atoms with Crippen molar-refractivity contribution in [1.82, 2.24) is 9.78 Å². The van der Waals surface area contributed by atoms with E-state index < -0.39 is 0 Å². The zero-order chi connectivity index (χ0) is 13.9. The number of carbonyl (C=O) groups is 1. The molecule has 2 aromatic rings. The van der Waals surface area contributed by atoms with E-state index in [9.17, 15) is 4.79 Å². The van der Waals surface area contributed by atoms with Crippen LogP contribution in [0.15, 0.2) is 30.6 Å². The number of carbonyl (C=O) groups excluding carboxylic acids is 1. The molecule has 0 fully saturated rings. The van der Waals surface area contributed by atoms with Gasteiger partial charge < -0.3 is 15.4 Å². The van der Waals surface area contributed by atoms with Crippen molar-refractivity contribution in [3.8, 4) is 5.75 Å². The van der Waals surface area contributed by atoms with Gasteiger partial charge >= 0.3 is 0 Å². The van der Waals surface area contributed by atoms with Crippen LogP contribution in [0.4, 0.5) is 11.4 Å². The van der Waals surface area contributed by atoms with Gasteiger partial charge in [0.15, 0.2) is 6.61 Å². The van der Waals surface area contributed by atoms with Gasteiger partial charge in [0, 0.05) is 30.5 Å². The molecule has 1 aliphatic rings. The predicted octanol–water partition coefficient (Wildman–Crippen LogP) is 1.85. The molecule has 1 aromatic carbocycles. The van der Waals surface area contributed by atoms with Crippen molar-refractivity contribution in [3.05, 3.63) is 36.2 Å². The maximum absolute atomic E-state index is 11.3. The molecule has 20 heavy (non-hydrogen) atoms. The molecule has 0 bridgehead atoms. The molecular weight excluding hydrogens is 256 g/mol. The molecule has 3 rings (SSSR count). The van der Waals surface area contributed by atoms with Crippen LogP contribution in [0.3, 0.4) is 0 Å². The molecule has 0 saturated heterocycles. The second kappa shape index (κ2) is 5.24. The maximum Gasteiger partial charge on any atom is 0.262 e. The third-order valence-electron chi connectivity index (χ3n) is 3.12. The highest BCUT2D eigenvalue weighted by atomic mass is 16.5. The van der Waals surface area contributed by atoms with Crippen molar-refractivity contribution in [3.63, 3.8) is 0 Å². The molecule has 104 valence electrons. The van der Waals surface area contributed by atoms with Gasteiger partial charge in [-0.25, -0.2) is 0 Å². The standard InChI is InChI=1S/C14H16N4O2/c1-2-18-8-10(7-16-18)6-15-11-3-4-13-12(5-11)17-14(19)9-20-13/h3-5,7-8,15H,2,6,9H2,1H3,(H,17,19). The van der Waals surface area contributed by atoms with Gasteiger partial charge in [0.25, 0.3) is 5.91 Å². The SMILES string of the molecule is CCn1cc(CNc2ccc3c(c2)NC(=O)CO3)cn1. The van der Waals surface area contributed by atoms with E-state index in [1.807, 2.05) is 35.3 Å². The fourth-order valence-corrected chi connectivity index (χ4v) is 2.07. The number of anilines is 2. The first kappa shape index (κ1) is 12.5. The molecule has 0 spiro atoms. The molecule has 2 N–H and O–H groups in total. The van der Waals surface area contributed by atoms with Crippen LogP contribution >= 0.6 is 0 Å². The van der Waals surface area contributed by atoms with Crippen LogP contribution in [0.5, 0.6) is 5.75 Å². The van der Waals surface area contributed by atoms with Crippen LogP contribution in [-0.4, -0.2) is 22.3 Å². The lowest BCUT2D eigenvalue weighted by molar-refractivity contribution is -0.118. The fraction of sp³-hybridized carbons (Fsp3) is 0.286. The third kappa shape index (κ3) is 2.59. The highest BCUT2D eigenvalue weighted by molar-refractivity contribution is 5.96. The Morgan fingerprint density at radius 1 is 1.50 bits per heavy atom. The van der Waals surface area contributed by atoms with Gasteiger partial charge in [-0.1, -0.05) is 0 Å². The lowest BCUT2D eigenvalue weighted by Gasteiger charge is -2.18. The van der Waals surface area contributed by atoms with E-state index in [4.69, 9.17) is 4.74 Å². The number of aromatic nitrogens is 2. The summed E-state index contributed by atoms with van der Waals surface area (Å²) in [6.07, 6.45) is 3.86. The van der Waals surface area contributed by atoms with Crippen LogP contribution in [0.2, 0.25) is 0 Å². The molecule has 0 unspecified atom stereocenters. The predicted molar refractivity (Wildman–Crippen MR) is 75.8 cm³/mol. The topological polar surface area (TPSA) is 68.2 Å². The summed E-state index contributed by atoms with van der Waals surface area (Å²) < 4.78 is 7.21. The van der Waals surface area contributed by atoms with Crippen molar-refractivity contribution < 1.29 is 9.53 Å². The average Bonchev–Trinajstić information content (AvgIpc) is 2.92. The van der Waals surface area contributed by atoms with Crippen LogP contribution < -0.4 is 15.4 Å². The monoisotopic (exact) mass is 272 g/mol. The Morgan fingerprint density at radius 3 is 3.20 bits per heavy atom. The van der Waals surface area contributed by atoms with E-state index in [0.717, 1.165) is 17.8 Å². The quantitative estimate of drug-likeness (QED) is 0.891. The van der Waals surface area contributed by atoms with E-state index in [1.54, 1.807) is 0 Å². The zero-order valence-corrected chi connectivity index (χ0v) is 11.2. The van der Waals surface area contributed by atoms with Crippen LogP contribution in [0.1, 0.15) is 12.5 Å². The number of rotatable bonds is 4. The number of ether oxygens (including phenoxy) is 1. The number of fused-ring (bicyclic) bond motifs is 1. The minimum absolute atomic E-state index is 0.0793. The Bertz CT molecular complexity index is 636. The van der Waals surface area contributed by atoms with E-state index in [0.29, 0.717) is 18.0 Å². The van der Waals surface area contributed by atoms with E-state index in [-0.39, 0.29) is 12.5 Å². The summed E-state index contributed by atoms with van der Waals surface area (Å²) in [5, 5.41) is 10.3. The number of benzene rings is 1. The third-order valence-corrected chi connectivity index (χ3v) is 3.12. The lowest BCUT2D eigenvalue weighted by atomic mass is 10.2. The van der Waals surface area contributed by atoms with Gasteiger partial charge in [0.1, 0.15) is 5.75 Å². The van der Waals surface area contributed by atoms with Gasteiger partial charge in [-0.2, -0.15) is 5.10 Å². The Morgan fingerprint density at radius 2 is 2.40 bits per heavy atom. The number of hydrogen-bond donors (Lipinski definition) is 2. The second-order valence-electron chi connectivity index (χ2n) is 4.61.